The van der Waals surface area contributed by atoms with Gasteiger partial charge in [-0.1, -0.05) is 30.3 Å². The van der Waals surface area contributed by atoms with Crippen LogP contribution in [-0.2, 0) is 13.1 Å². The zero-order valence-electron chi connectivity index (χ0n) is 12.5. The highest BCUT2D eigenvalue weighted by Crippen LogP contribution is 2.18. The Morgan fingerprint density at radius 3 is 2.39 bits per heavy atom. The number of nitrogens with two attached hydrogens (primary N) is 1. The lowest BCUT2D eigenvalue weighted by atomic mass is 10.1. The number of benzene rings is 2. The lowest BCUT2D eigenvalue weighted by Crippen LogP contribution is -2.29. The molecule has 0 spiro atoms. The van der Waals surface area contributed by atoms with E-state index >= 15 is 0 Å². The van der Waals surface area contributed by atoms with Crippen LogP contribution < -0.4 is 5.73 Å². The van der Waals surface area contributed by atoms with E-state index in [-0.39, 0.29) is 18.1 Å². The topological polar surface area (TPSA) is 72.4 Å². The van der Waals surface area contributed by atoms with Crippen molar-refractivity contribution < 1.29 is 9.31 Å². The van der Waals surface area contributed by atoms with Gasteiger partial charge in [-0.05, 0) is 11.6 Å². The summed E-state index contributed by atoms with van der Waals surface area (Å²) in [6.45, 7) is 2.08. The standard InChI is InChI=1S/C16H18FN3O2.ClH/c17-16-10-15(20(21)22)7-6-14(16)12-19(9-8-18)11-13-4-2-1-3-5-13;/h1-7,10H,8-9,11-12,18H2;1H. The second-order valence-electron chi connectivity index (χ2n) is 5.02. The highest BCUT2D eigenvalue weighted by atomic mass is 35.5. The van der Waals surface area contributed by atoms with Crippen molar-refractivity contribution in [2.45, 2.75) is 13.1 Å². The minimum Gasteiger partial charge on any atom is -0.329 e. The molecular formula is C16H19ClFN3O2. The van der Waals surface area contributed by atoms with Gasteiger partial charge >= 0.3 is 0 Å². The van der Waals surface area contributed by atoms with Gasteiger partial charge in [0, 0.05) is 37.8 Å². The summed E-state index contributed by atoms with van der Waals surface area (Å²) in [5.74, 6) is -0.565. The minimum absolute atomic E-state index is 0. The summed E-state index contributed by atoms with van der Waals surface area (Å²) >= 11 is 0. The summed E-state index contributed by atoms with van der Waals surface area (Å²) in [6, 6.07) is 13.6. The summed E-state index contributed by atoms with van der Waals surface area (Å²) in [7, 11) is 0. The first kappa shape index (κ1) is 19.0. The molecule has 0 fully saturated rings. The Bertz CT molecular complexity index is 640. The van der Waals surface area contributed by atoms with Crippen LogP contribution in [0.5, 0.6) is 0 Å². The Labute approximate surface area is 140 Å². The third kappa shape index (κ3) is 5.59. The van der Waals surface area contributed by atoms with Crippen molar-refractivity contribution in [2.24, 2.45) is 5.73 Å². The van der Waals surface area contributed by atoms with Crippen molar-refractivity contribution in [1.82, 2.24) is 4.90 Å². The van der Waals surface area contributed by atoms with E-state index in [1.807, 2.05) is 35.2 Å². The number of nitrogens with zero attached hydrogens (tertiary/aromatic N) is 2. The van der Waals surface area contributed by atoms with Crippen molar-refractivity contribution in [3.05, 3.63) is 75.6 Å². The Kier molecular flexibility index (Phi) is 7.61. The van der Waals surface area contributed by atoms with E-state index in [1.54, 1.807) is 0 Å². The molecule has 124 valence electrons. The van der Waals surface area contributed by atoms with E-state index in [1.165, 1.54) is 12.1 Å². The highest BCUT2D eigenvalue weighted by Gasteiger charge is 2.13. The fraction of sp³-hybridized carbons (Fsp3) is 0.250. The first-order valence-corrected chi connectivity index (χ1v) is 6.99. The zero-order valence-corrected chi connectivity index (χ0v) is 13.3. The molecule has 7 heteroatoms. The molecule has 0 aliphatic heterocycles. The van der Waals surface area contributed by atoms with Gasteiger partial charge in [0.1, 0.15) is 5.82 Å². The number of nitro groups is 1. The average Bonchev–Trinajstić information content (AvgIpc) is 2.50. The lowest BCUT2D eigenvalue weighted by molar-refractivity contribution is -0.385. The predicted octanol–water partition coefficient (Wildman–Crippen LogP) is 3.12. The lowest BCUT2D eigenvalue weighted by Gasteiger charge is -2.22. The first-order valence-electron chi connectivity index (χ1n) is 6.99. The molecular weight excluding hydrogens is 321 g/mol. The molecule has 2 N–H and O–H groups in total. The van der Waals surface area contributed by atoms with E-state index < -0.39 is 10.7 Å². The maximum absolute atomic E-state index is 14.0. The Morgan fingerprint density at radius 2 is 1.83 bits per heavy atom. The molecule has 0 aliphatic rings. The van der Waals surface area contributed by atoms with Crippen molar-refractivity contribution in [3.63, 3.8) is 0 Å². The Hall–Kier alpha value is -2.02. The summed E-state index contributed by atoms with van der Waals surface area (Å²) in [6.07, 6.45) is 0. The molecule has 2 rings (SSSR count). The molecule has 0 unspecified atom stereocenters. The molecule has 0 amide bonds. The van der Waals surface area contributed by atoms with Crippen LogP contribution in [0.2, 0.25) is 0 Å². The largest absolute Gasteiger partial charge is 0.329 e. The molecule has 0 radical (unpaired) electrons. The average molecular weight is 340 g/mol. The van der Waals surface area contributed by atoms with Gasteiger partial charge < -0.3 is 5.73 Å². The van der Waals surface area contributed by atoms with Crippen LogP contribution in [0.15, 0.2) is 48.5 Å². The number of hydrogen-bond donors (Lipinski definition) is 1. The van der Waals surface area contributed by atoms with Crippen LogP contribution >= 0.6 is 12.4 Å². The van der Waals surface area contributed by atoms with E-state index in [2.05, 4.69) is 0 Å². The van der Waals surface area contributed by atoms with Gasteiger partial charge in [-0.2, -0.15) is 0 Å². The van der Waals surface area contributed by atoms with Crippen molar-refractivity contribution in [1.29, 1.82) is 0 Å². The molecule has 0 saturated carbocycles. The fourth-order valence-corrected chi connectivity index (χ4v) is 2.26. The predicted molar refractivity (Wildman–Crippen MR) is 89.9 cm³/mol. The fourth-order valence-electron chi connectivity index (χ4n) is 2.26. The third-order valence-electron chi connectivity index (χ3n) is 3.34. The monoisotopic (exact) mass is 339 g/mol. The summed E-state index contributed by atoms with van der Waals surface area (Å²) in [5, 5.41) is 10.6. The number of hydrogen-bond acceptors (Lipinski definition) is 4. The van der Waals surface area contributed by atoms with Crippen molar-refractivity contribution >= 4 is 18.1 Å². The molecule has 0 atom stereocenters. The summed E-state index contributed by atoms with van der Waals surface area (Å²) < 4.78 is 14.0. The summed E-state index contributed by atoms with van der Waals surface area (Å²) in [4.78, 5) is 12.1. The maximum atomic E-state index is 14.0. The first-order chi connectivity index (χ1) is 10.6. The molecule has 0 aliphatic carbocycles. The second kappa shape index (κ2) is 9.19. The maximum Gasteiger partial charge on any atom is 0.272 e. The second-order valence-corrected chi connectivity index (χ2v) is 5.02. The minimum atomic E-state index is -0.603. The Balaban J connectivity index is 0.00000264. The van der Waals surface area contributed by atoms with Crippen LogP contribution in [0.4, 0.5) is 10.1 Å². The van der Waals surface area contributed by atoms with E-state index in [9.17, 15) is 14.5 Å². The van der Waals surface area contributed by atoms with Gasteiger partial charge in [-0.3, -0.25) is 15.0 Å². The quantitative estimate of drug-likeness (QED) is 0.621. The van der Waals surface area contributed by atoms with Crippen LogP contribution in [0.25, 0.3) is 0 Å². The van der Waals surface area contributed by atoms with E-state index in [0.29, 0.717) is 31.7 Å². The van der Waals surface area contributed by atoms with Crippen LogP contribution in [0, 0.1) is 15.9 Å². The number of rotatable bonds is 7. The van der Waals surface area contributed by atoms with Gasteiger partial charge in [0.05, 0.1) is 11.0 Å². The molecule has 0 bridgehead atoms. The van der Waals surface area contributed by atoms with Crippen LogP contribution in [0.3, 0.4) is 0 Å². The Morgan fingerprint density at radius 1 is 1.13 bits per heavy atom. The molecule has 2 aromatic carbocycles. The highest BCUT2D eigenvalue weighted by molar-refractivity contribution is 5.85. The van der Waals surface area contributed by atoms with Crippen LogP contribution in [0.1, 0.15) is 11.1 Å². The SMILES string of the molecule is Cl.NCCN(Cc1ccccc1)Cc1ccc([N+](=O)[O-])cc1F. The van der Waals surface area contributed by atoms with Crippen LogP contribution in [-0.4, -0.2) is 22.9 Å². The van der Waals surface area contributed by atoms with Gasteiger partial charge in [0.25, 0.3) is 5.69 Å². The normalized spacial score (nSPS) is 10.4. The summed E-state index contributed by atoms with van der Waals surface area (Å²) in [5.41, 5.74) is 6.91. The van der Waals surface area contributed by atoms with E-state index in [0.717, 1.165) is 11.6 Å². The van der Waals surface area contributed by atoms with Crippen molar-refractivity contribution in [3.8, 4) is 0 Å². The number of nitro benzene ring substituents is 1. The van der Waals surface area contributed by atoms with Gasteiger partial charge in [0.2, 0.25) is 0 Å². The molecule has 2 aromatic rings. The zero-order chi connectivity index (χ0) is 15.9. The molecule has 0 heterocycles. The van der Waals surface area contributed by atoms with Gasteiger partial charge in [0.15, 0.2) is 0 Å². The molecule has 23 heavy (non-hydrogen) atoms. The number of halogens is 2. The molecule has 0 aromatic heterocycles. The molecule has 0 saturated heterocycles. The smallest absolute Gasteiger partial charge is 0.272 e. The van der Waals surface area contributed by atoms with E-state index in [4.69, 9.17) is 5.73 Å². The van der Waals surface area contributed by atoms with Gasteiger partial charge in [-0.15, -0.1) is 12.4 Å². The number of non-ortho nitro benzene ring substituents is 1. The molecule has 5 nitrogen and oxygen atoms in total. The third-order valence-corrected chi connectivity index (χ3v) is 3.34. The van der Waals surface area contributed by atoms with Gasteiger partial charge in [-0.25, -0.2) is 4.39 Å². The van der Waals surface area contributed by atoms with Crippen molar-refractivity contribution in [2.75, 3.05) is 13.1 Å².